The zero-order chi connectivity index (χ0) is 14.9. The van der Waals surface area contributed by atoms with Gasteiger partial charge in [-0.05, 0) is 23.1 Å². The summed E-state index contributed by atoms with van der Waals surface area (Å²) in [6.07, 6.45) is 0. The van der Waals surface area contributed by atoms with Crippen molar-refractivity contribution in [3.05, 3.63) is 29.8 Å². The summed E-state index contributed by atoms with van der Waals surface area (Å²) in [7, 11) is 1.61. The van der Waals surface area contributed by atoms with E-state index in [1.165, 1.54) is 0 Å². The molecule has 108 valence electrons. The number of rotatable bonds is 5. The van der Waals surface area contributed by atoms with Gasteiger partial charge in [0.2, 0.25) is 5.91 Å². The maximum Gasteiger partial charge on any atom is 0.307 e. The van der Waals surface area contributed by atoms with Crippen LogP contribution in [0.15, 0.2) is 24.3 Å². The molecule has 1 aromatic carbocycles. The summed E-state index contributed by atoms with van der Waals surface area (Å²) in [5.41, 5.74) is 1.13. The summed E-state index contributed by atoms with van der Waals surface area (Å²) in [4.78, 5) is 23.3. The zero-order valence-electron chi connectivity index (χ0n) is 11.8. The lowest BCUT2D eigenvalue weighted by atomic mass is 10.1. The molecule has 0 bridgehead atoms. The predicted molar refractivity (Wildman–Crippen MR) is 74.2 cm³/mol. The van der Waals surface area contributed by atoms with Crippen LogP contribution in [0.5, 0.6) is 0 Å². The van der Waals surface area contributed by atoms with Gasteiger partial charge in [0.05, 0.1) is 18.4 Å². The van der Waals surface area contributed by atoms with E-state index in [9.17, 15) is 9.59 Å². The molecule has 0 saturated heterocycles. The number of methoxy groups -OCH3 is 1. The minimum atomic E-state index is -0.914. The molecule has 1 fully saturated rings. The van der Waals surface area contributed by atoms with Gasteiger partial charge < -0.3 is 15.2 Å². The number of benzene rings is 1. The second kappa shape index (κ2) is 5.25. The number of ether oxygens (including phenoxy) is 1. The molecule has 20 heavy (non-hydrogen) atoms. The normalized spacial score (nSPS) is 23.1. The molecule has 2 rings (SSSR count). The number of hydrogen-bond donors (Lipinski definition) is 2. The number of carboxylic acid groups (broad SMARTS) is 1. The Morgan fingerprint density at radius 1 is 1.35 bits per heavy atom. The van der Waals surface area contributed by atoms with Crippen molar-refractivity contribution in [1.82, 2.24) is 0 Å². The monoisotopic (exact) mass is 277 g/mol. The van der Waals surface area contributed by atoms with Gasteiger partial charge in [0.25, 0.3) is 0 Å². The maximum atomic E-state index is 12.2. The van der Waals surface area contributed by atoms with Crippen molar-refractivity contribution in [2.45, 2.75) is 20.5 Å². The van der Waals surface area contributed by atoms with Crippen LogP contribution in [-0.2, 0) is 20.9 Å². The fourth-order valence-electron chi connectivity index (χ4n) is 2.71. The van der Waals surface area contributed by atoms with E-state index in [2.05, 4.69) is 5.32 Å². The molecule has 0 radical (unpaired) electrons. The zero-order valence-corrected chi connectivity index (χ0v) is 11.8. The number of carboxylic acids is 1. The number of amides is 1. The van der Waals surface area contributed by atoms with Crippen molar-refractivity contribution in [2.75, 3.05) is 12.4 Å². The van der Waals surface area contributed by atoms with Crippen molar-refractivity contribution in [2.24, 2.45) is 17.3 Å². The van der Waals surface area contributed by atoms with Gasteiger partial charge in [-0.3, -0.25) is 9.59 Å². The molecular weight excluding hydrogens is 258 g/mol. The molecule has 2 N–H and O–H groups in total. The molecule has 0 spiro atoms. The summed E-state index contributed by atoms with van der Waals surface area (Å²) < 4.78 is 5.04. The van der Waals surface area contributed by atoms with Gasteiger partial charge in [0.15, 0.2) is 0 Å². The summed E-state index contributed by atoms with van der Waals surface area (Å²) in [5.74, 6) is -2.24. The summed E-state index contributed by atoms with van der Waals surface area (Å²) >= 11 is 0. The Bertz CT molecular complexity index is 538. The lowest BCUT2D eigenvalue weighted by Crippen LogP contribution is -2.17. The molecule has 5 heteroatoms. The lowest BCUT2D eigenvalue weighted by Gasteiger charge is -2.08. The van der Waals surface area contributed by atoms with Crippen LogP contribution < -0.4 is 5.32 Å². The third-order valence-corrected chi connectivity index (χ3v) is 3.88. The minimum absolute atomic E-state index is 0.239. The van der Waals surface area contributed by atoms with Crippen molar-refractivity contribution < 1.29 is 19.4 Å². The van der Waals surface area contributed by atoms with Gasteiger partial charge in [-0.15, -0.1) is 0 Å². The molecule has 2 atom stereocenters. The van der Waals surface area contributed by atoms with Crippen molar-refractivity contribution in [1.29, 1.82) is 0 Å². The van der Waals surface area contributed by atoms with Gasteiger partial charge >= 0.3 is 5.97 Å². The van der Waals surface area contributed by atoms with E-state index < -0.39 is 23.2 Å². The molecule has 1 aromatic rings. The highest BCUT2D eigenvalue weighted by Gasteiger charge is 2.65. The fraction of sp³-hybridized carbons (Fsp3) is 0.467. The Labute approximate surface area is 117 Å². The Morgan fingerprint density at radius 3 is 2.60 bits per heavy atom. The van der Waals surface area contributed by atoms with Crippen LogP contribution in [0, 0.1) is 17.3 Å². The van der Waals surface area contributed by atoms with Crippen molar-refractivity contribution in [3.8, 4) is 0 Å². The topological polar surface area (TPSA) is 75.6 Å². The molecule has 1 amide bonds. The van der Waals surface area contributed by atoms with E-state index in [1.54, 1.807) is 27.0 Å². The van der Waals surface area contributed by atoms with E-state index >= 15 is 0 Å². The predicted octanol–water partition coefficient (Wildman–Crippen LogP) is 2.13. The SMILES string of the molecule is COCc1cccc(NC(=O)C2C(C(=O)O)C2(C)C)c1. The van der Waals surface area contributed by atoms with E-state index in [0.29, 0.717) is 12.3 Å². The Hall–Kier alpha value is -1.88. The first kappa shape index (κ1) is 14.5. The van der Waals surface area contributed by atoms with E-state index in [4.69, 9.17) is 9.84 Å². The molecule has 0 aliphatic heterocycles. The Morgan fingerprint density at radius 2 is 2.05 bits per heavy atom. The lowest BCUT2D eigenvalue weighted by molar-refractivity contribution is -0.140. The van der Waals surface area contributed by atoms with Gasteiger partial charge in [0, 0.05) is 12.8 Å². The number of nitrogens with one attached hydrogen (secondary N) is 1. The van der Waals surface area contributed by atoms with Crippen LogP contribution in [0.25, 0.3) is 0 Å². The van der Waals surface area contributed by atoms with Gasteiger partial charge in [-0.1, -0.05) is 26.0 Å². The summed E-state index contributed by atoms with van der Waals surface area (Å²) in [6, 6.07) is 7.34. The number of hydrogen-bond acceptors (Lipinski definition) is 3. The largest absolute Gasteiger partial charge is 0.481 e. The van der Waals surface area contributed by atoms with Crippen molar-refractivity contribution >= 4 is 17.6 Å². The van der Waals surface area contributed by atoms with Crippen LogP contribution in [0.4, 0.5) is 5.69 Å². The Balaban J connectivity index is 2.06. The van der Waals surface area contributed by atoms with E-state index in [1.807, 2.05) is 18.2 Å². The number of carbonyl (C=O) groups excluding carboxylic acids is 1. The molecule has 1 saturated carbocycles. The van der Waals surface area contributed by atoms with Crippen LogP contribution in [0.1, 0.15) is 19.4 Å². The number of aliphatic carboxylic acids is 1. The van der Waals surface area contributed by atoms with E-state index in [-0.39, 0.29) is 5.91 Å². The van der Waals surface area contributed by atoms with Crippen LogP contribution >= 0.6 is 0 Å². The fourth-order valence-corrected chi connectivity index (χ4v) is 2.71. The molecule has 2 unspecified atom stereocenters. The highest BCUT2D eigenvalue weighted by molar-refractivity contribution is 5.99. The van der Waals surface area contributed by atoms with Crippen molar-refractivity contribution in [3.63, 3.8) is 0 Å². The summed E-state index contributed by atoms with van der Waals surface area (Å²) in [5, 5.41) is 11.9. The molecule has 5 nitrogen and oxygen atoms in total. The molecule has 1 aliphatic rings. The van der Waals surface area contributed by atoms with Gasteiger partial charge in [0.1, 0.15) is 0 Å². The summed E-state index contributed by atoms with van der Waals surface area (Å²) in [6.45, 7) is 4.07. The molecule has 0 aromatic heterocycles. The number of anilines is 1. The molecule has 1 aliphatic carbocycles. The standard InChI is InChI=1S/C15H19NO4/c1-15(2)11(12(15)14(18)19)13(17)16-10-6-4-5-9(7-10)8-20-3/h4-7,11-12H,8H2,1-3H3,(H,16,17)(H,18,19). The van der Waals surface area contributed by atoms with Gasteiger partial charge in [-0.2, -0.15) is 0 Å². The molecular formula is C15H19NO4. The average Bonchev–Trinajstić information content (AvgIpc) is 2.93. The minimum Gasteiger partial charge on any atom is -0.481 e. The third-order valence-electron chi connectivity index (χ3n) is 3.88. The Kier molecular flexibility index (Phi) is 3.81. The van der Waals surface area contributed by atoms with E-state index in [0.717, 1.165) is 5.56 Å². The highest BCUT2D eigenvalue weighted by atomic mass is 16.5. The highest BCUT2D eigenvalue weighted by Crippen LogP contribution is 2.58. The smallest absolute Gasteiger partial charge is 0.307 e. The maximum absolute atomic E-state index is 12.2. The van der Waals surface area contributed by atoms with Gasteiger partial charge in [-0.25, -0.2) is 0 Å². The van der Waals surface area contributed by atoms with Crippen LogP contribution in [-0.4, -0.2) is 24.1 Å². The number of carbonyl (C=O) groups is 2. The quantitative estimate of drug-likeness (QED) is 0.864. The average molecular weight is 277 g/mol. The third kappa shape index (κ3) is 2.67. The first-order chi connectivity index (χ1) is 9.37. The second-order valence-corrected chi connectivity index (χ2v) is 5.74. The van der Waals surface area contributed by atoms with Crippen LogP contribution in [0.2, 0.25) is 0 Å². The second-order valence-electron chi connectivity index (χ2n) is 5.74. The first-order valence-electron chi connectivity index (χ1n) is 6.49. The first-order valence-corrected chi connectivity index (χ1v) is 6.49. The molecule has 0 heterocycles. The van der Waals surface area contributed by atoms with Crippen LogP contribution in [0.3, 0.4) is 0 Å².